The van der Waals surface area contributed by atoms with Gasteiger partial charge in [-0.3, -0.25) is 14.9 Å². The lowest BCUT2D eigenvalue weighted by Crippen LogP contribution is -2.38. The molecule has 0 aliphatic carbocycles. The van der Waals surface area contributed by atoms with Crippen molar-refractivity contribution < 1.29 is 19.1 Å². The molecular formula is C4H6N3O4P-2. The summed E-state index contributed by atoms with van der Waals surface area (Å²) in [6.07, 6.45) is 0. The highest BCUT2D eigenvalue weighted by atomic mass is 31.2. The summed E-state index contributed by atoms with van der Waals surface area (Å²) in [6, 6.07) is 0. The lowest BCUT2D eigenvalue weighted by atomic mass is 10.6. The van der Waals surface area contributed by atoms with Crippen LogP contribution in [-0.4, -0.2) is 35.0 Å². The van der Waals surface area contributed by atoms with E-state index < -0.39 is 19.6 Å². The molecule has 1 fully saturated rings. The Hall–Kier alpha value is -0.910. The first-order valence-corrected chi connectivity index (χ1v) is 4.49. The van der Waals surface area contributed by atoms with Crippen molar-refractivity contribution in [2.45, 2.75) is 0 Å². The number of guanidine groups is 1. The van der Waals surface area contributed by atoms with Gasteiger partial charge in [0.2, 0.25) is 5.96 Å². The van der Waals surface area contributed by atoms with E-state index >= 15 is 0 Å². The molecule has 1 saturated heterocycles. The molecule has 0 aromatic heterocycles. The predicted octanol–water partition coefficient (Wildman–Crippen LogP) is -2.48. The Bertz CT molecular complexity index is 284. The SMILES string of the molecule is CN1CC(=O)N(P(=O)([O-])[O-])C1=N. The zero-order valence-corrected chi connectivity index (χ0v) is 7.08. The molecule has 0 atom stereocenters. The summed E-state index contributed by atoms with van der Waals surface area (Å²) >= 11 is 0. The lowest BCUT2D eigenvalue weighted by Gasteiger charge is -2.37. The number of carbonyl (C=O) groups excluding carboxylic acids is 1. The van der Waals surface area contributed by atoms with Crippen LogP contribution in [0.2, 0.25) is 0 Å². The third-order valence-corrected chi connectivity index (χ3v) is 2.32. The van der Waals surface area contributed by atoms with Gasteiger partial charge in [-0.1, -0.05) is 0 Å². The van der Waals surface area contributed by atoms with Crippen molar-refractivity contribution in [1.82, 2.24) is 9.57 Å². The maximum absolute atomic E-state index is 10.8. The van der Waals surface area contributed by atoms with Crippen LogP contribution in [0.4, 0.5) is 0 Å². The standard InChI is InChI=1S/C4H8N3O4P/c1-6-2-3(8)7(4(6)5)12(9,10)11/h5H,2H2,1H3,(H2,9,10,11)/p-2. The molecule has 1 amide bonds. The molecule has 1 rings (SSSR count). The van der Waals surface area contributed by atoms with Crippen molar-refractivity contribution in [2.24, 2.45) is 0 Å². The predicted molar refractivity (Wildman–Crippen MR) is 34.8 cm³/mol. The van der Waals surface area contributed by atoms with Gasteiger partial charge in [0.15, 0.2) is 0 Å². The van der Waals surface area contributed by atoms with E-state index in [2.05, 4.69) is 0 Å². The smallest absolute Gasteiger partial charge is 0.252 e. The molecule has 1 aliphatic heterocycles. The topological polar surface area (TPSA) is 111 Å². The number of hydrogen-bond donors (Lipinski definition) is 1. The van der Waals surface area contributed by atoms with Crippen LogP contribution in [0, 0.1) is 5.41 Å². The van der Waals surface area contributed by atoms with E-state index in [1.54, 1.807) is 0 Å². The van der Waals surface area contributed by atoms with Gasteiger partial charge in [-0.15, -0.1) is 0 Å². The Morgan fingerprint density at radius 1 is 1.58 bits per heavy atom. The van der Waals surface area contributed by atoms with Crippen molar-refractivity contribution in [1.29, 1.82) is 5.41 Å². The highest BCUT2D eigenvalue weighted by Gasteiger charge is 2.32. The summed E-state index contributed by atoms with van der Waals surface area (Å²) in [4.78, 5) is 32.7. The molecule has 0 aromatic rings. The van der Waals surface area contributed by atoms with Gasteiger partial charge in [0.05, 0.1) is 0 Å². The summed E-state index contributed by atoms with van der Waals surface area (Å²) < 4.78 is 10.4. The number of carbonyl (C=O) groups is 1. The fourth-order valence-electron chi connectivity index (χ4n) is 0.877. The third kappa shape index (κ3) is 1.34. The molecule has 0 radical (unpaired) electrons. The van der Waals surface area contributed by atoms with Crippen LogP contribution < -0.4 is 9.79 Å². The normalized spacial score (nSPS) is 19.2. The third-order valence-electron chi connectivity index (χ3n) is 1.42. The van der Waals surface area contributed by atoms with Crippen LogP contribution in [0.25, 0.3) is 0 Å². The highest BCUT2D eigenvalue weighted by Crippen LogP contribution is 2.33. The van der Waals surface area contributed by atoms with Crippen LogP contribution in [0.15, 0.2) is 0 Å². The molecule has 68 valence electrons. The summed E-state index contributed by atoms with van der Waals surface area (Å²) in [5, 5.41) is 7.06. The number of nitrogens with zero attached hydrogens (tertiary/aromatic N) is 2. The second-order valence-electron chi connectivity index (χ2n) is 2.35. The summed E-state index contributed by atoms with van der Waals surface area (Å²) in [6.45, 7) is -0.243. The van der Waals surface area contributed by atoms with Gasteiger partial charge >= 0.3 is 0 Å². The maximum atomic E-state index is 10.8. The van der Waals surface area contributed by atoms with E-state index in [9.17, 15) is 19.1 Å². The number of nitrogens with one attached hydrogen (secondary N) is 1. The van der Waals surface area contributed by atoms with Crippen molar-refractivity contribution in [3.05, 3.63) is 0 Å². The van der Waals surface area contributed by atoms with Gasteiger partial charge in [0, 0.05) is 14.8 Å². The average molecular weight is 191 g/mol. The quantitative estimate of drug-likeness (QED) is 0.461. The highest BCUT2D eigenvalue weighted by molar-refractivity contribution is 7.47. The van der Waals surface area contributed by atoms with E-state index in [-0.39, 0.29) is 11.2 Å². The summed E-state index contributed by atoms with van der Waals surface area (Å²) in [7, 11) is -3.79. The number of amides is 1. The first kappa shape index (κ1) is 9.18. The fraction of sp³-hybridized carbons (Fsp3) is 0.500. The zero-order chi connectivity index (χ0) is 9.52. The molecule has 0 aromatic carbocycles. The number of hydrogen-bond acceptors (Lipinski definition) is 5. The van der Waals surface area contributed by atoms with Gasteiger partial charge in [0.25, 0.3) is 5.91 Å². The van der Waals surface area contributed by atoms with Gasteiger partial charge in [-0.05, 0) is 0 Å². The second kappa shape index (κ2) is 2.55. The monoisotopic (exact) mass is 191 g/mol. The van der Waals surface area contributed by atoms with E-state index in [1.807, 2.05) is 0 Å². The molecule has 8 heteroatoms. The van der Waals surface area contributed by atoms with Crippen molar-refractivity contribution in [3.63, 3.8) is 0 Å². The Kier molecular flexibility index (Phi) is 1.95. The van der Waals surface area contributed by atoms with Gasteiger partial charge in [0.1, 0.15) is 6.54 Å². The maximum Gasteiger partial charge on any atom is 0.252 e. The average Bonchev–Trinajstić information content (AvgIpc) is 2.05. The molecule has 1 N–H and O–H groups in total. The van der Waals surface area contributed by atoms with E-state index in [1.165, 1.54) is 7.05 Å². The molecule has 0 bridgehead atoms. The Balaban J connectivity index is 3.00. The molecular weight excluding hydrogens is 185 g/mol. The van der Waals surface area contributed by atoms with Crippen LogP contribution in [0.1, 0.15) is 0 Å². The van der Waals surface area contributed by atoms with Crippen LogP contribution in [-0.2, 0) is 9.36 Å². The minimum absolute atomic E-state index is 0.0347. The van der Waals surface area contributed by atoms with Crippen LogP contribution in [0.3, 0.4) is 0 Å². The molecule has 0 spiro atoms. The van der Waals surface area contributed by atoms with Gasteiger partial charge in [-0.25, -0.2) is 0 Å². The molecule has 7 nitrogen and oxygen atoms in total. The Labute approximate surface area is 68.3 Å². The van der Waals surface area contributed by atoms with Crippen molar-refractivity contribution in [3.8, 4) is 0 Å². The molecule has 0 unspecified atom stereocenters. The first-order valence-electron chi connectivity index (χ1n) is 2.99. The number of rotatable bonds is 1. The molecule has 1 heterocycles. The van der Waals surface area contributed by atoms with Crippen molar-refractivity contribution in [2.75, 3.05) is 13.6 Å². The van der Waals surface area contributed by atoms with Gasteiger partial charge in [-0.2, -0.15) is 0 Å². The summed E-state index contributed by atoms with van der Waals surface area (Å²) in [5.74, 6) is -1.47. The fourth-order valence-corrected chi connectivity index (χ4v) is 1.60. The lowest BCUT2D eigenvalue weighted by molar-refractivity contribution is -0.323. The largest absolute Gasteiger partial charge is 0.794 e. The Morgan fingerprint density at radius 2 is 2.08 bits per heavy atom. The first-order chi connectivity index (χ1) is 5.34. The minimum Gasteiger partial charge on any atom is -0.794 e. The summed E-state index contributed by atoms with van der Waals surface area (Å²) in [5.41, 5.74) is 0. The van der Waals surface area contributed by atoms with E-state index in [0.717, 1.165) is 4.90 Å². The second-order valence-corrected chi connectivity index (χ2v) is 3.69. The van der Waals surface area contributed by atoms with Crippen LogP contribution >= 0.6 is 7.75 Å². The van der Waals surface area contributed by atoms with Crippen molar-refractivity contribution >= 4 is 19.6 Å². The zero-order valence-electron chi connectivity index (χ0n) is 6.18. The number of likely N-dealkylation sites (N-methyl/N-ethyl adjacent to an activating group) is 1. The molecule has 1 aliphatic rings. The minimum atomic E-state index is -5.15. The van der Waals surface area contributed by atoms with E-state index in [0.29, 0.717) is 0 Å². The Morgan fingerprint density at radius 3 is 2.25 bits per heavy atom. The van der Waals surface area contributed by atoms with Gasteiger partial charge < -0.3 is 19.3 Å². The molecule has 12 heavy (non-hydrogen) atoms. The van der Waals surface area contributed by atoms with Crippen LogP contribution in [0.5, 0.6) is 0 Å². The van der Waals surface area contributed by atoms with E-state index in [4.69, 9.17) is 5.41 Å². The molecule has 0 saturated carbocycles.